The van der Waals surface area contributed by atoms with Gasteiger partial charge < -0.3 is 4.90 Å². The van der Waals surface area contributed by atoms with Crippen molar-refractivity contribution in [1.82, 2.24) is 0 Å². The van der Waals surface area contributed by atoms with Gasteiger partial charge in [-0.05, 0) is 11.6 Å². The van der Waals surface area contributed by atoms with Gasteiger partial charge in [-0.1, -0.05) is 18.2 Å². The summed E-state index contributed by atoms with van der Waals surface area (Å²) in [6.45, 7) is 0.506. The Morgan fingerprint density at radius 3 is 3.00 bits per heavy atom. The molecule has 1 amide bonds. The fourth-order valence-electron chi connectivity index (χ4n) is 1.72. The summed E-state index contributed by atoms with van der Waals surface area (Å²) in [6, 6.07) is 9.78. The molecule has 0 radical (unpaired) electrons. The lowest BCUT2D eigenvalue weighted by Gasteiger charge is -2.14. The summed E-state index contributed by atoms with van der Waals surface area (Å²) in [5.41, 5.74) is 2.03. The number of nitriles is 1. The maximum atomic E-state index is 11.6. The second kappa shape index (κ2) is 3.51. The first-order valence-electron chi connectivity index (χ1n) is 4.58. The number of fused-ring (bicyclic) bond motifs is 1. The number of carbonyl (C=O) groups is 1. The van der Waals surface area contributed by atoms with Crippen LogP contribution in [-0.4, -0.2) is 12.5 Å². The molecule has 3 heteroatoms. The van der Waals surface area contributed by atoms with E-state index in [4.69, 9.17) is 5.26 Å². The van der Waals surface area contributed by atoms with Crippen molar-refractivity contribution in [1.29, 1.82) is 5.26 Å². The molecule has 1 heterocycles. The van der Waals surface area contributed by atoms with Crippen LogP contribution in [0.4, 0.5) is 5.69 Å². The first-order chi connectivity index (χ1) is 6.83. The van der Waals surface area contributed by atoms with Gasteiger partial charge in [-0.15, -0.1) is 0 Å². The first-order valence-corrected chi connectivity index (χ1v) is 4.58. The molecule has 2 rings (SSSR count). The SMILES string of the molecule is N#CCCN1C(=O)Cc2ccccc21. The number of carbonyl (C=O) groups excluding carboxylic acids is 1. The van der Waals surface area contributed by atoms with Crippen molar-refractivity contribution in [2.75, 3.05) is 11.4 Å². The normalized spacial score (nSPS) is 13.9. The van der Waals surface area contributed by atoms with Crippen LogP contribution >= 0.6 is 0 Å². The molecule has 70 valence electrons. The number of anilines is 1. The van der Waals surface area contributed by atoms with Gasteiger partial charge in [0.2, 0.25) is 5.91 Å². The number of hydrogen-bond donors (Lipinski definition) is 0. The number of rotatable bonds is 2. The number of para-hydroxylation sites is 1. The van der Waals surface area contributed by atoms with Crippen molar-refractivity contribution in [2.45, 2.75) is 12.8 Å². The maximum Gasteiger partial charge on any atom is 0.231 e. The second-order valence-corrected chi connectivity index (χ2v) is 3.26. The van der Waals surface area contributed by atoms with E-state index in [1.54, 1.807) is 4.90 Å². The Kier molecular flexibility index (Phi) is 2.19. The Bertz CT molecular complexity index is 406. The Morgan fingerprint density at radius 1 is 1.43 bits per heavy atom. The van der Waals surface area contributed by atoms with Gasteiger partial charge in [0.25, 0.3) is 0 Å². The predicted octanol–water partition coefficient (Wildman–Crippen LogP) is 1.49. The van der Waals surface area contributed by atoms with Crippen LogP contribution in [-0.2, 0) is 11.2 Å². The number of benzene rings is 1. The average molecular weight is 186 g/mol. The van der Waals surface area contributed by atoms with Gasteiger partial charge in [-0.2, -0.15) is 5.26 Å². The summed E-state index contributed by atoms with van der Waals surface area (Å²) in [7, 11) is 0. The van der Waals surface area contributed by atoms with Crippen molar-refractivity contribution in [3.63, 3.8) is 0 Å². The summed E-state index contributed by atoms with van der Waals surface area (Å²) in [4.78, 5) is 13.2. The molecule has 1 aliphatic heterocycles. The lowest BCUT2D eigenvalue weighted by atomic mass is 10.2. The van der Waals surface area contributed by atoms with Crippen molar-refractivity contribution < 1.29 is 4.79 Å². The molecule has 14 heavy (non-hydrogen) atoms. The lowest BCUT2D eigenvalue weighted by Crippen LogP contribution is -2.27. The third-order valence-electron chi connectivity index (χ3n) is 2.37. The van der Waals surface area contributed by atoms with Crippen molar-refractivity contribution in [2.24, 2.45) is 0 Å². The van der Waals surface area contributed by atoms with Gasteiger partial charge in [0.1, 0.15) is 0 Å². The van der Waals surface area contributed by atoms with E-state index in [0.29, 0.717) is 19.4 Å². The molecule has 0 aromatic heterocycles. The summed E-state index contributed by atoms with van der Waals surface area (Å²) < 4.78 is 0. The third-order valence-corrected chi connectivity index (χ3v) is 2.37. The highest BCUT2D eigenvalue weighted by Gasteiger charge is 2.25. The van der Waals surface area contributed by atoms with Crippen molar-refractivity contribution in [3.8, 4) is 6.07 Å². The quantitative estimate of drug-likeness (QED) is 0.702. The zero-order valence-electron chi connectivity index (χ0n) is 7.73. The maximum absolute atomic E-state index is 11.6. The summed E-state index contributed by atoms with van der Waals surface area (Å²) in [5, 5.41) is 8.47. The fraction of sp³-hybridized carbons (Fsp3) is 0.273. The van der Waals surface area contributed by atoms with Gasteiger partial charge in [0.15, 0.2) is 0 Å². The highest BCUT2D eigenvalue weighted by atomic mass is 16.2. The molecule has 0 spiro atoms. The molecule has 3 nitrogen and oxygen atoms in total. The minimum absolute atomic E-state index is 0.0986. The lowest BCUT2D eigenvalue weighted by molar-refractivity contribution is -0.117. The topological polar surface area (TPSA) is 44.1 Å². The Labute approximate surface area is 82.6 Å². The van der Waals surface area contributed by atoms with E-state index in [9.17, 15) is 4.79 Å². The van der Waals surface area contributed by atoms with Gasteiger partial charge in [0, 0.05) is 12.2 Å². The van der Waals surface area contributed by atoms with Gasteiger partial charge in [-0.3, -0.25) is 4.79 Å². The fourth-order valence-corrected chi connectivity index (χ4v) is 1.72. The van der Waals surface area contributed by atoms with E-state index in [0.717, 1.165) is 11.3 Å². The largest absolute Gasteiger partial charge is 0.311 e. The summed E-state index contributed by atoms with van der Waals surface area (Å²) in [5.74, 6) is 0.0986. The molecule has 0 saturated carbocycles. The van der Waals surface area contributed by atoms with Gasteiger partial charge >= 0.3 is 0 Å². The molecule has 1 aromatic carbocycles. The Morgan fingerprint density at radius 2 is 2.21 bits per heavy atom. The van der Waals surface area contributed by atoms with Gasteiger partial charge in [-0.25, -0.2) is 0 Å². The van der Waals surface area contributed by atoms with E-state index in [1.165, 1.54) is 0 Å². The first kappa shape index (κ1) is 8.76. The molecular formula is C11H10N2O. The second-order valence-electron chi connectivity index (χ2n) is 3.26. The molecule has 0 N–H and O–H groups in total. The van der Waals surface area contributed by atoms with Gasteiger partial charge in [0.05, 0.1) is 18.9 Å². The van der Waals surface area contributed by atoms with E-state index in [2.05, 4.69) is 6.07 Å². The van der Waals surface area contributed by atoms with Crippen molar-refractivity contribution in [3.05, 3.63) is 29.8 Å². The minimum Gasteiger partial charge on any atom is -0.311 e. The number of hydrogen-bond acceptors (Lipinski definition) is 2. The standard InChI is InChI=1S/C11H10N2O/c12-6-3-7-13-10-5-2-1-4-9(10)8-11(13)14/h1-2,4-5H,3,7-8H2. The highest BCUT2D eigenvalue weighted by Crippen LogP contribution is 2.28. The smallest absolute Gasteiger partial charge is 0.231 e. The van der Waals surface area contributed by atoms with Crippen LogP contribution in [0.15, 0.2) is 24.3 Å². The Balaban J connectivity index is 2.26. The van der Waals surface area contributed by atoms with Crippen LogP contribution < -0.4 is 4.90 Å². The van der Waals surface area contributed by atoms with Crippen molar-refractivity contribution >= 4 is 11.6 Å². The summed E-state index contributed by atoms with van der Waals surface area (Å²) in [6.07, 6.45) is 0.863. The monoisotopic (exact) mass is 186 g/mol. The molecule has 0 bridgehead atoms. The molecule has 0 saturated heterocycles. The van der Waals surface area contributed by atoms with E-state index in [1.807, 2.05) is 24.3 Å². The molecule has 1 aliphatic rings. The molecular weight excluding hydrogens is 176 g/mol. The molecule has 0 aliphatic carbocycles. The average Bonchev–Trinajstić information content (AvgIpc) is 2.51. The van der Waals surface area contributed by atoms with E-state index in [-0.39, 0.29) is 5.91 Å². The van der Waals surface area contributed by atoms with E-state index >= 15 is 0 Å². The minimum atomic E-state index is 0.0986. The Hall–Kier alpha value is -1.82. The number of amides is 1. The molecule has 0 unspecified atom stereocenters. The molecule has 0 atom stereocenters. The van der Waals surface area contributed by atoms with E-state index < -0.39 is 0 Å². The van der Waals surface area contributed by atoms with Crippen LogP contribution in [0.1, 0.15) is 12.0 Å². The predicted molar refractivity (Wildman–Crippen MR) is 52.7 cm³/mol. The van der Waals surface area contributed by atoms with Crippen LogP contribution in [0, 0.1) is 11.3 Å². The van der Waals surface area contributed by atoms with Crippen LogP contribution in [0.2, 0.25) is 0 Å². The van der Waals surface area contributed by atoms with Crippen LogP contribution in [0.25, 0.3) is 0 Å². The molecule has 0 fully saturated rings. The molecule has 1 aromatic rings. The van der Waals surface area contributed by atoms with Crippen LogP contribution in [0.3, 0.4) is 0 Å². The van der Waals surface area contributed by atoms with Crippen LogP contribution in [0.5, 0.6) is 0 Å². The highest BCUT2D eigenvalue weighted by molar-refractivity contribution is 6.01. The summed E-state index contributed by atoms with van der Waals surface area (Å²) >= 11 is 0. The zero-order chi connectivity index (χ0) is 9.97. The number of nitrogens with zero attached hydrogens (tertiary/aromatic N) is 2. The zero-order valence-corrected chi connectivity index (χ0v) is 7.73. The third kappa shape index (κ3) is 1.35.